The van der Waals surface area contributed by atoms with Gasteiger partial charge in [-0.25, -0.2) is 0 Å². The number of nitrogens with one attached hydrogen (secondary N) is 1. The monoisotopic (exact) mass is 269 g/mol. The molecule has 0 fully saturated rings. The number of carboxylic acid groups (broad SMARTS) is 1. The van der Waals surface area contributed by atoms with Gasteiger partial charge < -0.3 is 10.4 Å². The molecule has 0 spiro atoms. The Bertz CT molecular complexity index is 457. The molecule has 2 N–H and O–H groups in total. The molecule has 0 atom stereocenters. The summed E-state index contributed by atoms with van der Waals surface area (Å²) in [5.74, 6) is -1.34. The maximum absolute atomic E-state index is 11.9. The molecule has 0 saturated carbocycles. The SMILES string of the molecule is CC(C)(Cc1cccc(Cl)c1)C(=O)NCC(=O)O. The van der Waals surface area contributed by atoms with Gasteiger partial charge in [-0.3, -0.25) is 9.59 Å². The third-order valence-corrected chi connectivity index (χ3v) is 2.79. The molecule has 1 aromatic rings. The minimum absolute atomic E-state index is 0.287. The van der Waals surface area contributed by atoms with Crippen molar-refractivity contribution in [1.29, 1.82) is 0 Å². The highest BCUT2D eigenvalue weighted by atomic mass is 35.5. The fourth-order valence-electron chi connectivity index (χ4n) is 1.63. The van der Waals surface area contributed by atoms with E-state index < -0.39 is 11.4 Å². The standard InChI is InChI=1S/C13H16ClNO3/c1-13(2,12(18)15-8-11(16)17)7-9-4-3-5-10(14)6-9/h3-6H,7-8H2,1-2H3,(H,15,18)(H,16,17). The predicted molar refractivity (Wildman–Crippen MR) is 69.6 cm³/mol. The van der Waals surface area contributed by atoms with Crippen LogP contribution in [-0.4, -0.2) is 23.5 Å². The Morgan fingerprint density at radius 1 is 1.39 bits per heavy atom. The number of carboxylic acids is 1. The summed E-state index contributed by atoms with van der Waals surface area (Å²) in [6.07, 6.45) is 0.499. The van der Waals surface area contributed by atoms with Crippen LogP contribution in [0.4, 0.5) is 0 Å². The second-order valence-electron chi connectivity index (χ2n) is 4.77. The van der Waals surface area contributed by atoms with E-state index in [9.17, 15) is 9.59 Å². The summed E-state index contributed by atoms with van der Waals surface area (Å²) in [6.45, 7) is 3.17. The van der Waals surface area contributed by atoms with Crippen molar-refractivity contribution in [3.05, 3.63) is 34.9 Å². The van der Waals surface area contributed by atoms with Crippen molar-refractivity contribution in [1.82, 2.24) is 5.32 Å². The van der Waals surface area contributed by atoms with Crippen LogP contribution in [0.2, 0.25) is 5.02 Å². The molecule has 0 radical (unpaired) electrons. The quantitative estimate of drug-likeness (QED) is 0.860. The Morgan fingerprint density at radius 3 is 2.61 bits per heavy atom. The summed E-state index contributed by atoms with van der Waals surface area (Å²) in [4.78, 5) is 22.3. The Hall–Kier alpha value is -1.55. The third-order valence-electron chi connectivity index (χ3n) is 2.55. The van der Waals surface area contributed by atoms with Crippen LogP contribution in [0.3, 0.4) is 0 Å². The van der Waals surface area contributed by atoms with Gasteiger partial charge in [-0.2, -0.15) is 0 Å². The van der Waals surface area contributed by atoms with E-state index in [1.165, 1.54) is 0 Å². The summed E-state index contributed by atoms with van der Waals surface area (Å²) in [7, 11) is 0. The van der Waals surface area contributed by atoms with E-state index in [4.69, 9.17) is 16.7 Å². The third kappa shape index (κ3) is 4.37. The lowest BCUT2D eigenvalue weighted by Gasteiger charge is -2.23. The maximum atomic E-state index is 11.9. The molecule has 0 heterocycles. The molecular formula is C13H16ClNO3. The van der Waals surface area contributed by atoms with Crippen LogP contribution in [0.25, 0.3) is 0 Å². The van der Waals surface area contributed by atoms with Gasteiger partial charge in [0.05, 0.1) is 0 Å². The van der Waals surface area contributed by atoms with Crippen LogP contribution in [0.5, 0.6) is 0 Å². The second-order valence-corrected chi connectivity index (χ2v) is 5.20. The van der Waals surface area contributed by atoms with Crippen LogP contribution in [0, 0.1) is 5.41 Å². The molecule has 98 valence electrons. The van der Waals surface area contributed by atoms with E-state index in [-0.39, 0.29) is 12.5 Å². The zero-order valence-electron chi connectivity index (χ0n) is 10.4. The first-order valence-corrected chi connectivity index (χ1v) is 5.93. The van der Waals surface area contributed by atoms with Gasteiger partial charge >= 0.3 is 5.97 Å². The van der Waals surface area contributed by atoms with Crippen LogP contribution < -0.4 is 5.32 Å². The Morgan fingerprint density at radius 2 is 2.06 bits per heavy atom. The van der Waals surface area contributed by atoms with Gasteiger partial charge in [0.25, 0.3) is 0 Å². The summed E-state index contributed by atoms with van der Waals surface area (Å²) in [6, 6.07) is 7.28. The molecule has 0 saturated heterocycles. The largest absolute Gasteiger partial charge is 0.480 e. The van der Waals surface area contributed by atoms with Crippen molar-refractivity contribution in [2.75, 3.05) is 6.54 Å². The zero-order valence-corrected chi connectivity index (χ0v) is 11.1. The topological polar surface area (TPSA) is 66.4 Å². The van der Waals surface area contributed by atoms with E-state index >= 15 is 0 Å². The summed E-state index contributed by atoms with van der Waals surface area (Å²) < 4.78 is 0. The smallest absolute Gasteiger partial charge is 0.322 e. The van der Waals surface area contributed by atoms with Crippen molar-refractivity contribution in [3.63, 3.8) is 0 Å². The summed E-state index contributed by atoms with van der Waals surface area (Å²) in [5, 5.41) is 11.5. The molecule has 0 bridgehead atoms. The molecule has 1 amide bonds. The number of aliphatic carboxylic acids is 1. The summed E-state index contributed by atoms with van der Waals surface area (Å²) in [5.41, 5.74) is 0.262. The molecular weight excluding hydrogens is 254 g/mol. The fraction of sp³-hybridized carbons (Fsp3) is 0.385. The molecule has 0 unspecified atom stereocenters. The number of hydrogen-bond donors (Lipinski definition) is 2. The van der Waals surface area contributed by atoms with Gasteiger partial charge in [0.2, 0.25) is 5.91 Å². The molecule has 5 heteroatoms. The predicted octanol–water partition coefficient (Wildman–Crippen LogP) is 2.11. The Balaban J connectivity index is 2.68. The van der Waals surface area contributed by atoms with Crippen LogP contribution >= 0.6 is 11.6 Å². The first kappa shape index (κ1) is 14.5. The van der Waals surface area contributed by atoms with Crippen LogP contribution in [0.15, 0.2) is 24.3 Å². The summed E-state index contributed by atoms with van der Waals surface area (Å²) >= 11 is 5.88. The van der Waals surface area contributed by atoms with E-state index in [0.29, 0.717) is 11.4 Å². The first-order valence-electron chi connectivity index (χ1n) is 5.56. The minimum Gasteiger partial charge on any atom is -0.480 e. The van der Waals surface area contributed by atoms with Gasteiger partial charge in [-0.05, 0) is 24.1 Å². The van der Waals surface area contributed by atoms with Crippen molar-refractivity contribution in [3.8, 4) is 0 Å². The average molecular weight is 270 g/mol. The number of benzene rings is 1. The van der Waals surface area contributed by atoms with Gasteiger partial charge in [0.15, 0.2) is 0 Å². The maximum Gasteiger partial charge on any atom is 0.322 e. The van der Waals surface area contributed by atoms with Crippen LogP contribution in [-0.2, 0) is 16.0 Å². The van der Waals surface area contributed by atoms with Gasteiger partial charge in [-0.15, -0.1) is 0 Å². The zero-order chi connectivity index (χ0) is 13.8. The van der Waals surface area contributed by atoms with E-state index in [2.05, 4.69) is 5.32 Å². The van der Waals surface area contributed by atoms with Gasteiger partial charge in [-0.1, -0.05) is 37.6 Å². The molecule has 0 aromatic heterocycles. The molecule has 0 aliphatic rings. The molecule has 0 aliphatic carbocycles. The number of carbonyl (C=O) groups excluding carboxylic acids is 1. The molecule has 1 aromatic carbocycles. The lowest BCUT2D eigenvalue weighted by molar-refractivity contribution is -0.139. The van der Waals surface area contributed by atoms with Crippen molar-refractivity contribution in [2.24, 2.45) is 5.41 Å². The lowest BCUT2D eigenvalue weighted by atomic mass is 9.85. The van der Waals surface area contributed by atoms with Gasteiger partial charge in [0, 0.05) is 10.4 Å². The Kier molecular flexibility index (Phi) is 4.73. The van der Waals surface area contributed by atoms with E-state index in [1.807, 2.05) is 12.1 Å². The lowest BCUT2D eigenvalue weighted by Crippen LogP contribution is -2.40. The van der Waals surface area contributed by atoms with Crippen molar-refractivity contribution >= 4 is 23.5 Å². The number of halogens is 1. The number of rotatable bonds is 5. The fourth-order valence-corrected chi connectivity index (χ4v) is 1.85. The number of amides is 1. The number of carbonyl (C=O) groups is 2. The van der Waals surface area contributed by atoms with Crippen molar-refractivity contribution in [2.45, 2.75) is 20.3 Å². The molecule has 18 heavy (non-hydrogen) atoms. The minimum atomic E-state index is -1.05. The van der Waals surface area contributed by atoms with E-state index in [0.717, 1.165) is 5.56 Å². The van der Waals surface area contributed by atoms with Crippen LogP contribution in [0.1, 0.15) is 19.4 Å². The van der Waals surface area contributed by atoms with Crippen molar-refractivity contribution < 1.29 is 14.7 Å². The second kappa shape index (κ2) is 5.87. The molecule has 1 rings (SSSR count). The molecule has 4 nitrogen and oxygen atoms in total. The Labute approximate surface area is 111 Å². The van der Waals surface area contributed by atoms with E-state index in [1.54, 1.807) is 26.0 Å². The molecule has 0 aliphatic heterocycles. The average Bonchev–Trinajstić information content (AvgIpc) is 2.25. The number of hydrogen-bond acceptors (Lipinski definition) is 2. The van der Waals surface area contributed by atoms with Gasteiger partial charge in [0.1, 0.15) is 6.54 Å². The highest BCUT2D eigenvalue weighted by Crippen LogP contribution is 2.23. The highest BCUT2D eigenvalue weighted by Gasteiger charge is 2.28. The highest BCUT2D eigenvalue weighted by molar-refractivity contribution is 6.30. The first-order chi connectivity index (χ1) is 8.31. The normalized spacial score (nSPS) is 11.1.